The minimum atomic E-state index is -0.564. The van der Waals surface area contributed by atoms with Crippen LogP contribution in [-0.4, -0.2) is 16.5 Å². The summed E-state index contributed by atoms with van der Waals surface area (Å²) < 4.78 is 0. The van der Waals surface area contributed by atoms with Gasteiger partial charge in [0.25, 0.3) is 0 Å². The van der Waals surface area contributed by atoms with Crippen molar-refractivity contribution in [3.05, 3.63) is 0 Å². The van der Waals surface area contributed by atoms with Gasteiger partial charge in [-0.1, -0.05) is 6.92 Å². The van der Waals surface area contributed by atoms with Crippen LogP contribution in [0.1, 0.15) is 33.1 Å². The molecule has 2 nitrogen and oxygen atoms in total. The van der Waals surface area contributed by atoms with Crippen molar-refractivity contribution in [2.45, 2.75) is 38.7 Å². The monoisotopic (exact) mass is 168 g/mol. The second kappa shape index (κ2) is 2.32. The number of hydrogen-bond acceptors (Lipinski definition) is 2. The molecule has 68 valence electrons. The van der Waals surface area contributed by atoms with Gasteiger partial charge in [-0.25, -0.2) is 0 Å². The zero-order valence-electron chi connectivity index (χ0n) is 7.71. The second-order valence-electron chi connectivity index (χ2n) is 4.71. The van der Waals surface area contributed by atoms with Gasteiger partial charge < -0.3 is 5.11 Å². The molecule has 2 aliphatic rings. The molecular formula is C10H16O2. The molecule has 12 heavy (non-hydrogen) atoms. The molecular weight excluding hydrogens is 152 g/mol. The predicted molar refractivity (Wildman–Crippen MR) is 45.6 cm³/mol. The summed E-state index contributed by atoms with van der Waals surface area (Å²) >= 11 is 0. The number of carbonyl (C=O) groups excluding carboxylic acids is 1. The maximum absolute atomic E-state index is 11.4. The molecule has 2 heteroatoms. The van der Waals surface area contributed by atoms with Crippen LogP contribution < -0.4 is 0 Å². The molecule has 2 aliphatic carbocycles. The number of ketones is 1. The van der Waals surface area contributed by atoms with Gasteiger partial charge in [0.15, 0.2) is 0 Å². The van der Waals surface area contributed by atoms with Crippen molar-refractivity contribution < 1.29 is 9.90 Å². The molecule has 0 aromatic rings. The molecule has 4 atom stereocenters. The van der Waals surface area contributed by atoms with E-state index in [1.54, 1.807) is 0 Å². The molecule has 0 unspecified atom stereocenters. The summed E-state index contributed by atoms with van der Waals surface area (Å²) in [5.74, 6) is 1.24. The summed E-state index contributed by atoms with van der Waals surface area (Å²) in [5, 5.41) is 9.95. The number of carbonyl (C=O) groups is 1. The van der Waals surface area contributed by atoms with Crippen LogP contribution in [0.3, 0.4) is 0 Å². The van der Waals surface area contributed by atoms with Gasteiger partial charge in [0.2, 0.25) is 0 Å². The lowest BCUT2D eigenvalue weighted by molar-refractivity contribution is -0.127. The van der Waals surface area contributed by atoms with Gasteiger partial charge in [0.1, 0.15) is 5.78 Å². The molecule has 0 aromatic heterocycles. The first kappa shape index (κ1) is 8.24. The third-order valence-electron chi connectivity index (χ3n) is 3.80. The van der Waals surface area contributed by atoms with Crippen LogP contribution >= 0.6 is 0 Å². The van der Waals surface area contributed by atoms with E-state index in [-0.39, 0.29) is 11.8 Å². The number of rotatable bonds is 0. The fourth-order valence-corrected chi connectivity index (χ4v) is 2.78. The lowest BCUT2D eigenvalue weighted by Crippen LogP contribution is -2.31. The Balaban J connectivity index is 2.24. The minimum absolute atomic E-state index is 0.190. The van der Waals surface area contributed by atoms with E-state index >= 15 is 0 Å². The quantitative estimate of drug-likeness (QED) is 0.593. The van der Waals surface area contributed by atoms with Gasteiger partial charge in [-0.3, -0.25) is 4.79 Å². The standard InChI is InChI=1S/C10H16O2/c1-6-7-3-8(4-9(6)11)10(2,12)5-7/h6-8,12H,3-5H2,1-2H3/t6-,7+,8+,10-/m1/s1. The molecule has 0 spiro atoms. The summed E-state index contributed by atoms with van der Waals surface area (Å²) in [6, 6.07) is 0. The summed E-state index contributed by atoms with van der Waals surface area (Å²) in [4.78, 5) is 11.4. The first-order chi connectivity index (χ1) is 5.50. The molecule has 1 N–H and O–H groups in total. The molecule has 2 saturated carbocycles. The number of fused-ring (bicyclic) bond motifs is 2. The van der Waals surface area contributed by atoms with Crippen LogP contribution in [0.4, 0.5) is 0 Å². The third-order valence-corrected chi connectivity index (χ3v) is 3.80. The lowest BCUT2D eigenvalue weighted by atomic mass is 9.79. The zero-order valence-corrected chi connectivity index (χ0v) is 7.71. The highest BCUT2D eigenvalue weighted by Gasteiger charge is 2.49. The van der Waals surface area contributed by atoms with Crippen molar-refractivity contribution in [3.8, 4) is 0 Å². The van der Waals surface area contributed by atoms with E-state index in [1.165, 1.54) is 0 Å². The van der Waals surface area contributed by atoms with Crippen LogP contribution in [0.2, 0.25) is 0 Å². The molecule has 0 heterocycles. The van der Waals surface area contributed by atoms with Gasteiger partial charge in [-0.15, -0.1) is 0 Å². The van der Waals surface area contributed by atoms with E-state index in [4.69, 9.17) is 0 Å². The van der Waals surface area contributed by atoms with Crippen LogP contribution in [0.15, 0.2) is 0 Å². The van der Waals surface area contributed by atoms with E-state index in [0.717, 1.165) is 12.8 Å². The van der Waals surface area contributed by atoms with E-state index in [2.05, 4.69) is 0 Å². The maximum atomic E-state index is 11.4. The zero-order chi connectivity index (χ0) is 8.93. The van der Waals surface area contributed by atoms with E-state index in [9.17, 15) is 9.90 Å². The average molecular weight is 168 g/mol. The Morgan fingerprint density at radius 2 is 2.25 bits per heavy atom. The molecule has 2 rings (SSSR count). The average Bonchev–Trinajstić information content (AvgIpc) is 2.21. The van der Waals surface area contributed by atoms with Crippen LogP contribution in [0, 0.1) is 17.8 Å². The van der Waals surface area contributed by atoms with Crippen molar-refractivity contribution in [2.24, 2.45) is 17.8 Å². The summed E-state index contributed by atoms with van der Waals surface area (Å²) in [7, 11) is 0. The summed E-state index contributed by atoms with van der Waals surface area (Å²) in [6.45, 7) is 3.88. The molecule has 0 aromatic carbocycles. The van der Waals surface area contributed by atoms with Gasteiger partial charge in [-0.2, -0.15) is 0 Å². The van der Waals surface area contributed by atoms with Gasteiger partial charge in [-0.05, 0) is 31.6 Å². The van der Waals surface area contributed by atoms with E-state index < -0.39 is 5.60 Å². The number of aliphatic hydroxyl groups is 1. The Kier molecular flexibility index (Phi) is 1.59. The first-order valence-corrected chi connectivity index (χ1v) is 4.76. The highest BCUT2D eigenvalue weighted by atomic mass is 16.3. The van der Waals surface area contributed by atoms with Crippen molar-refractivity contribution in [1.29, 1.82) is 0 Å². The van der Waals surface area contributed by atoms with E-state index in [0.29, 0.717) is 18.1 Å². The smallest absolute Gasteiger partial charge is 0.136 e. The molecule has 0 amide bonds. The SMILES string of the molecule is C[C@H]1C(=O)C[C@@H]2C[C@H]1C[C@@]2(C)O. The highest BCUT2D eigenvalue weighted by Crippen LogP contribution is 2.49. The molecule has 2 bridgehead atoms. The maximum Gasteiger partial charge on any atom is 0.136 e. The second-order valence-corrected chi connectivity index (χ2v) is 4.71. The Labute approximate surface area is 73.0 Å². The largest absolute Gasteiger partial charge is 0.390 e. The summed E-state index contributed by atoms with van der Waals surface area (Å²) in [6.07, 6.45) is 2.48. The fourth-order valence-electron chi connectivity index (χ4n) is 2.78. The van der Waals surface area contributed by atoms with Gasteiger partial charge in [0, 0.05) is 12.3 Å². The van der Waals surface area contributed by atoms with Crippen LogP contribution in [0.25, 0.3) is 0 Å². The van der Waals surface area contributed by atoms with E-state index in [1.807, 2.05) is 13.8 Å². The van der Waals surface area contributed by atoms with Crippen molar-refractivity contribution in [2.75, 3.05) is 0 Å². The Hall–Kier alpha value is -0.370. The summed E-state index contributed by atoms with van der Waals surface area (Å²) in [5.41, 5.74) is -0.564. The van der Waals surface area contributed by atoms with Crippen LogP contribution in [-0.2, 0) is 4.79 Å². The van der Waals surface area contributed by atoms with Gasteiger partial charge >= 0.3 is 0 Å². The van der Waals surface area contributed by atoms with Crippen molar-refractivity contribution >= 4 is 5.78 Å². The fraction of sp³-hybridized carbons (Fsp3) is 0.900. The molecule has 0 aliphatic heterocycles. The number of hydrogen-bond donors (Lipinski definition) is 1. The molecule has 2 fully saturated rings. The third kappa shape index (κ3) is 1.01. The molecule has 0 saturated heterocycles. The Morgan fingerprint density at radius 1 is 1.58 bits per heavy atom. The van der Waals surface area contributed by atoms with Crippen LogP contribution in [0.5, 0.6) is 0 Å². The Morgan fingerprint density at radius 3 is 2.92 bits per heavy atom. The highest BCUT2D eigenvalue weighted by molar-refractivity contribution is 5.82. The topological polar surface area (TPSA) is 37.3 Å². The van der Waals surface area contributed by atoms with Gasteiger partial charge in [0.05, 0.1) is 5.60 Å². The first-order valence-electron chi connectivity index (χ1n) is 4.76. The number of Topliss-reactive ketones (excluding diaryl/α,β-unsaturated/α-hetero) is 1. The normalized spacial score (nSPS) is 52.9. The van der Waals surface area contributed by atoms with Crippen molar-refractivity contribution in [1.82, 2.24) is 0 Å². The minimum Gasteiger partial charge on any atom is -0.390 e. The molecule has 0 radical (unpaired) electrons. The lowest BCUT2D eigenvalue weighted by Gasteiger charge is -2.26. The predicted octanol–water partition coefficient (Wildman–Crippen LogP) is 1.37. The van der Waals surface area contributed by atoms with Crippen molar-refractivity contribution in [3.63, 3.8) is 0 Å². The Bertz CT molecular complexity index is 220.